The zero-order chi connectivity index (χ0) is 20.5. The fraction of sp³-hybridized carbons (Fsp3) is 0.136. The maximum Gasteiger partial charge on any atom is 0.280 e. The van der Waals surface area contributed by atoms with E-state index in [0.717, 1.165) is 15.6 Å². The Kier molecular flexibility index (Phi) is 4.80. The number of para-hydroxylation sites is 1. The van der Waals surface area contributed by atoms with Crippen molar-refractivity contribution in [3.8, 4) is 11.3 Å². The molecular weight excluding hydrogens is 374 g/mol. The number of alkyl halides is 2. The molecule has 0 aliphatic heterocycles. The summed E-state index contributed by atoms with van der Waals surface area (Å²) in [6.45, 7) is 3.78. The molecule has 0 radical (unpaired) electrons. The molecule has 0 bridgehead atoms. The molecule has 0 spiro atoms. The van der Waals surface area contributed by atoms with Crippen LogP contribution < -0.4 is 5.32 Å². The van der Waals surface area contributed by atoms with Gasteiger partial charge < -0.3 is 5.32 Å². The molecule has 0 saturated carbocycles. The first-order valence-electron chi connectivity index (χ1n) is 9.05. The minimum absolute atomic E-state index is 0.0883. The smallest absolute Gasteiger partial charge is 0.280 e. The fourth-order valence-electron chi connectivity index (χ4n) is 3.25. The Morgan fingerprint density at radius 2 is 1.72 bits per heavy atom. The summed E-state index contributed by atoms with van der Waals surface area (Å²) in [5.74, 6) is -0.449. The summed E-state index contributed by atoms with van der Waals surface area (Å²) >= 11 is 0. The second kappa shape index (κ2) is 7.43. The third-order valence-electron chi connectivity index (χ3n) is 4.76. The van der Waals surface area contributed by atoms with Gasteiger partial charge in [-0.15, -0.1) is 0 Å². The maximum absolute atomic E-state index is 13.7. The van der Waals surface area contributed by atoms with Crippen molar-refractivity contribution in [3.05, 3.63) is 83.2 Å². The first-order valence-corrected chi connectivity index (χ1v) is 9.05. The predicted molar refractivity (Wildman–Crippen MR) is 107 cm³/mol. The van der Waals surface area contributed by atoms with E-state index in [0.29, 0.717) is 16.9 Å². The fourth-order valence-corrected chi connectivity index (χ4v) is 3.25. The molecule has 7 heteroatoms. The summed E-state index contributed by atoms with van der Waals surface area (Å²) in [6.07, 6.45) is -1.50. The number of aromatic nitrogens is 3. The van der Waals surface area contributed by atoms with Crippen molar-refractivity contribution in [2.45, 2.75) is 20.3 Å². The molecule has 0 aliphatic carbocycles. The largest absolute Gasteiger partial charge is 0.321 e. The van der Waals surface area contributed by atoms with E-state index in [1.165, 1.54) is 12.3 Å². The van der Waals surface area contributed by atoms with E-state index < -0.39 is 12.3 Å². The van der Waals surface area contributed by atoms with E-state index >= 15 is 0 Å². The molecular formula is C22H18F2N4O. The van der Waals surface area contributed by atoms with E-state index in [1.54, 1.807) is 24.3 Å². The molecule has 2 aromatic heterocycles. The number of nitrogens with one attached hydrogen (secondary N) is 1. The van der Waals surface area contributed by atoms with Crippen LogP contribution in [0.25, 0.3) is 16.9 Å². The van der Waals surface area contributed by atoms with Crippen LogP contribution in [0.1, 0.15) is 33.6 Å². The molecule has 1 N–H and O–H groups in total. The lowest BCUT2D eigenvalue weighted by atomic mass is 10.1. The third kappa shape index (κ3) is 3.47. The molecule has 5 nitrogen and oxygen atoms in total. The lowest BCUT2D eigenvalue weighted by Crippen LogP contribution is -2.14. The topological polar surface area (TPSA) is 59.3 Å². The number of carbonyl (C=O) groups excluding carboxylic acids is 1. The highest BCUT2D eigenvalue weighted by Crippen LogP contribution is 2.27. The molecule has 2 heterocycles. The van der Waals surface area contributed by atoms with E-state index in [2.05, 4.69) is 15.4 Å². The van der Waals surface area contributed by atoms with Crippen LogP contribution in [0.4, 0.5) is 14.5 Å². The lowest BCUT2D eigenvalue weighted by Gasteiger charge is -2.11. The minimum atomic E-state index is -2.77. The van der Waals surface area contributed by atoms with Crippen molar-refractivity contribution in [1.29, 1.82) is 0 Å². The summed E-state index contributed by atoms with van der Waals surface area (Å²) in [7, 11) is 0. The monoisotopic (exact) mass is 392 g/mol. The van der Waals surface area contributed by atoms with Crippen LogP contribution in [0.2, 0.25) is 0 Å². The summed E-state index contributed by atoms with van der Waals surface area (Å²) < 4.78 is 28.4. The number of amides is 1. The Balaban J connectivity index is 1.83. The lowest BCUT2D eigenvalue weighted by molar-refractivity contribution is 0.102. The van der Waals surface area contributed by atoms with E-state index in [-0.39, 0.29) is 16.9 Å². The molecule has 0 atom stereocenters. The number of anilines is 1. The number of hydrogen-bond acceptors (Lipinski definition) is 3. The number of fused-ring (bicyclic) bond motifs is 1. The molecule has 4 rings (SSSR count). The normalized spacial score (nSPS) is 11.2. The molecule has 29 heavy (non-hydrogen) atoms. The predicted octanol–water partition coefficient (Wildman–Crippen LogP) is 5.20. The SMILES string of the molecule is Cc1cccc(C)c1NC(=O)c1cnn2c(C(F)F)cc(-c3ccccc3)nc12. The van der Waals surface area contributed by atoms with Crippen LogP contribution in [0, 0.1) is 13.8 Å². The molecule has 0 saturated heterocycles. The van der Waals surface area contributed by atoms with Gasteiger partial charge in [0.25, 0.3) is 12.3 Å². The van der Waals surface area contributed by atoms with E-state index in [1.807, 2.05) is 38.1 Å². The van der Waals surface area contributed by atoms with Gasteiger partial charge in [-0.1, -0.05) is 48.5 Å². The number of nitrogens with zero attached hydrogens (tertiary/aromatic N) is 3. The number of rotatable bonds is 4. The summed E-state index contributed by atoms with van der Waals surface area (Å²) in [5.41, 5.74) is 3.43. The molecule has 146 valence electrons. The molecule has 4 aromatic rings. The standard InChI is InChI=1S/C22H18F2N4O/c1-13-7-6-8-14(2)19(13)27-22(29)16-12-25-28-18(20(23)24)11-17(26-21(16)28)15-9-4-3-5-10-15/h3-12,20H,1-2H3,(H,27,29). The van der Waals surface area contributed by atoms with E-state index in [4.69, 9.17) is 0 Å². The number of hydrogen-bond donors (Lipinski definition) is 1. The summed E-state index contributed by atoms with van der Waals surface area (Å²) in [5, 5.41) is 6.86. The van der Waals surface area contributed by atoms with Crippen LogP contribution in [0.3, 0.4) is 0 Å². The molecule has 1 amide bonds. The van der Waals surface area contributed by atoms with Crippen molar-refractivity contribution in [2.24, 2.45) is 0 Å². The van der Waals surface area contributed by atoms with Gasteiger partial charge in [0.05, 0.1) is 11.9 Å². The Labute approximate surface area is 166 Å². The van der Waals surface area contributed by atoms with Crippen molar-refractivity contribution in [3.63, 3.8) is 0 Å². The highest BCUT2D eigenvalue weighted by molar-refractivity contribution is 6.08. The second-order valence-electron chi connectivity index (χ2n) is 6.75. The van der Waals surface area contributed by atoms with Gasteiger partial charge in [0.15, 0.2) is 5.65 Å². The van der Waals surface area contributed by atoms with Gasteiger partial charge in [-0.3, -0.25) is 4.79 Å². The zero-order valence-corrected chi connectivity index (χ0v) is 15.9. The molecule has 0 aliphatic rings. The summed E-state index contributed by atoms with van der Waals surface area (Å²) in [6, 6.07) is 16.0. The number of benzene rings is 2. The molecule has 2 aromatic carbocycles. The van der Waals surface area contributed by atoms with Crippen LogP contribution >= 0.6 is 0 Å². The third-order valence-corrected chi connectivity index (χ3v) is 4.76. The van der Waals surface area contributed by atoms with Crippen molar-refractivity contribution in [2.75, 3.05) is 5.32 Å². The van der Waals surface area contributed by atoms with Gasteiger partial charge in [0, 0.05) is 11.3 Å². The zero-order valence-electron chi connectivity index (χ0n) is 15.9. The van der Waals surface area contributed by atoms with Crippen molar-refractivity contribution < 1.29 is 13.6 Å². The summed E-state index contributed by atoms with van der Waals surface area (Å²) in [4.78, 5) is 17.4. The van der Waals surface area contributed by atoms with Crippen LogP contribution in [0.5, 0.6) is 0 Å². The van der Waals surface area contributed by atoms with Gasteiger partial charge in [0.2, 0.25) is 0 Å². The van der Waals surface area contributed by atoms with Crippen molar-refractivity contribution in [1.82, 2.24) is 14.6 Å². The van der Waals surface area contributed by atoms with Gasteiger partial charge in [-0.2, -0.15) is 5.10 Å². The molecule has 0 unspecified atom stereocenters. The van der Waals surface area contributed by atoms with Crippen LogP contribution in [0.15, 0.2) is 60.8 Å². The van der Waals surface area contributed by atoms with Gasteiger partial charge >= 0.3 is 0 Å². The Morgan fingerprint density at radius 1 is 1.03 bits per heavy atom. The highest BCUT2D eigenvalue weighted by atomic mass is 19.3. The number of aryl methyl sites for hydroxylation is 2. The molecule has 0 fully saturated rings. The average molecular weight is 392 g/mol. The van der Waals surface area contributed by atoms with Gasteiger partial charge in [-0.25, -0.2) is 18.3 Å². The number of carbonyl (C=O) groups is 1. The van der Waals surface area contributed by atoms with Gasteiger partial charge in [0.1, 0.15) is 11.3 Å². The second-order valence-corrected chi connectivity index (χ2v) is 6.75. The highest BCUT2D eigenvalue weighted by Gasteiger charge is 2.22. The maximum atomic E-state index is 13.7. The minimum Gasteiger partial charge on any atom is -0.321 e. The number of halogens is 2. The van der Waals surface area contributed by atoms with Crippen LogP contribution in [-0.2, 0) is 0 Å². The van der Waals surface area contributed by atoms with Crippen molar-refractivity contribution >= 4 is 17.2 Å². The Morgan fingerprint density at radius 3 is 2.38 bits per heavy atom. The Hall–Kier alpha value is -3.61. The average Bonchev–Trinajstić information content (AvgIpc) is 3.14. The van der Waals surface area contributed by atoms with E-state index in [9.17, 15) is 13.6 Å². The first kappa shape index (κ1) is 18.7. The van der Waals surface area contributed by atoms with Gasteiger partial charge in [-0.05, 0) is 31.0 Å². The van der Waals surface area contributed by atoms with Crippen LogP contribution in [-0.4, -0.2) is 20.5 Å². The quantitative estimate of drug-likeness (QED) is 0.519. The first-order chi connectivity index (χ1) is 14.0. The Bertz CT molecular complexity index is 1180.